The summed E-state index contributed by atoms with van der Waals surface area (Å²) >= 11 is 0. The molecule has 0 spiro atoms. The van der Waals surface area contributed by atoms with Crippen molar-refractivity contribution in [3.63, 3.8) is 0 Å². The molecular formula is C12H18N2O4. The van der Waals surface area contributed by atoms with Crippen LogP contribution in [-0.2, 0) is 14.4 Å². The first kappa shape index (κ1) is 14.2. The molecule has 3 N–H and O–H groups in total. The maximum Gasteiger partial charge on any atom is 0.331 e. The molecule has 0 unspecified atom stereocenters. The lowest BCUT2D eigenvalue weighted by Crippen LogP contribution is -2.42. The fraction of sp³-hybridized carbons (Fsp3) is 0.583. The third kappa shape index (κ3) is 3.09. The fourth-order valence-electron chi connectivity index (χ4n) is 1.93. The molecule has 0 radical (unpaired) electrons. The van der Waals surface area contributed by atoms with Gasteiger partial charge in [0.2, 0.25) is 11.8 Å². The number of amides is 2. The predicted octanol–water partition coefficient (Wildman–Crippen LogP) is 0.131. The second-order valence-corrected chi connectivity index (χ2v) is 4.52. The molecule has 2 amide bonds. The second kappa shape index (κ2) is 5.66. The van der Waals surface area contributed by atoms with Gasteiger partial charge in [0.1, 0.15) is 0 Å². The molecule has 0 atom stereocenters. The van der Waals surface area contributed by atoms with Gasteiger partial charge in [0.15, 0.2) is 0 Å². The minimum atomic E-state index is -1.09. The van der Waals surface area contributed by atoms with E-state index in [4.69, 9.17) is 10.8 Å². The van der Waals surface area contributed by atoms with Crippen LogP contribution in [0.3, 0.4) is 0 Å². The molecular weight excluding hydrogens is 236 g/mol. The molecule has 0 aromatic heterocycles. The van der Waals surface area contributed by atoms with E-state index in [1.54, 1.807) is 4.90 Å². The van der Waals surface area contributed by atoms with Crippen LogP contribution in [0.1, 0.15) is 26.7 Å². The van der Waals surface area contributed by atoms with Gasteiger partial charge in [-0.3, -0.25) is 9.59 Å². The molecule has 0 aromatic carbocycles. The average molecular weight is 254 g/mol. The van der Waals surface area contributed by atoms with Crippen molar-refractivity contribution in [2.75, 3.05) is 13.1 Å². The molecule has 100 valence electrons. The van der Waals surface area contributed by atoms with Crippen molar-refractivity contribution in [3.8, 4) is 0 Å². The van der Waals surface area contributed by atoms with Crippen LogP contribution >= 0.6 is 0 Å². The quantitative estimate of drug-likeness (QED) is 0.699. The van der Waals surface area contributed by atoms with Gasteiger partial charge in [0.25, 0.3) is 0 Å². The third-order valence-corrected chi connectivity index (χ3v) is 3.39. The van der Waals surface area contributed by atoms with E-state index in [-0.39, 0.29) is 28.9 Å². The molecule has 18 heavy (non-hydrogen) atoms. The van der Waals surface area contributed by atoms with Gasteiger partial charge in [0, 0.05) is 30.2 Å². The van der Waals surface area contributed by atoms with Crippen LogP contribution in [0.4, 0.5) is 0 Å². The van der Waals surface area contributed by atoms with E-state index in [9.17, 15) is 14.4 Å². The van der Waals surface area contributed by atoms with Crippen molar-refractivity contribution < 1.29 is 19.5 Å². The summed E-state index contributed by atoms with van der Waals surface area (Å²) in [7, 11) is 0. The number of nitrogens with zero attached hydrogens (tertiary/aromatic N) is 1. The first-order valence-electron chi connectivity index (χ1n) is 5.84. The summed E-state index contributed by atoms with van der Waals surface area (Å²) in [6, 6.07) is 0. The lowest BCUT2D eigenvalue weighted by atomic mass is 9.95. The number of piperidine rings is 1. The van der Waals surface area contributed by atoms with E-state index >= 15 is 0 Å². The van der Waals surface area contributed by atoms with Crippen LogP contribution in [0.15, 0.2) is 11.1 Å². The molecule has 1 aliphatic heterocycles. The predicted molar refractivity (Wildman–Crippen MR) is 64.5 cm³/mol. The normalized spacial score (nSPS) is 18.2. The van der Waals surface area contributed by atoms with Crippen molar-refractivity contribution in [2.45, 2.75) is 26.7 Å². The number of likely N-dealkylation sites (tertiary alicyclic amines) is 1. The Kier molecular flexibility index (Phi) is 4.47. The Bertz CT molecular complexity index is 406. The van der Waals surface area contributed by atoms with Crippen molar-refractivity contribution >= 4 is 17.8 Å². The van der Waals surface area contributed by atoms with Crippen LogP contribution in [-0.4, -0.2) is 40.9 Å². The van der Waals surface area contributed by atoms with Crippen LogP contribution in [0.5, 0.6) is 0 Å². The van der Waals surface area contributed by atoms with Gasteiger partial charge < -0.3 is 15.7 Å². The largest absolute Gasteiger partial charge is 0.478 e. The first-order valence-corrected chi connectivity index (χ1v) is 5.84. The topological polar surface area (TPSA) is 101 Å². The average Bonchev–Trinajstić information content (AvgIpc) is 2.36. The Hall–Kier alpha value is -1.85. The smallest absolute Gasteiger partial charge is 0.331 e. The van der Waals surface area contributed by atoms with Crippen molar-refractivity contribution in [1.29, 1.82) is 0 Å². The van der Waals surface area contributed by atoms with E-state index < -0.39 is 5.97 Å². The minimum absolute atomic E-state index is 0.0528. The SMILES string of the molecule is CC(C(=O)O)=C(C)C(=O)N1CCC(C(N)=O)CC1. The summed E-state index contributed by atoms with van der Waals surface area (Å²) < 4.78 is 0. The maximum atomic E-state index is 12.0. The standard InChI is InChI=1S/C12H18N2O4/c1-7(8(2)12(17)18)11(16)14-5-3-9(4-6-14)10(13)15/h9H,3-6H2,1-2H3,(H2,13,15)(H,17,18). The van der Waals surface area contributed by atoms with Gasteiger partial charge in [-0.25, -0.2) is 4.79 Å². The zero-order valence-corrected chi connectivity index (χ0v) is 10.6. The molecule has 1 rings (SSSR count). The van der Waals surface area contributed by atoms with Gasteiger partial charge >= 0.3 is 5.97 Å². The summed E-state index contributed by atoms with van der Waals surface area (Å²) in [6.07, 6.45) is 1.08. The number of carbonyl (C=O) groups excluding carboxylic acids is 2. The zero-order valence-electron chi connectivity index (χ0n) is 10.6. The lowest BCUT2D eigenvalue weighted by molar-refractivity contribution is -0.134. The first-order chi connectivity index (χ1) is 8.34. The number of primary amides is 1. The second-order valence-electron chi connectivity index (χ2n) is 4.52. The highest BCUT2D eigenvalue weighted by Crippen LogP contribution is 2.19. The highest BCUT2D eigenvalue weighted by atomic mass is 16.4. The number of carbonyl (C=O) groups is 3. The van der Waals surface area contributed by atoms with Gasteiger partial charge in [-0.05, 0) is 26.7 Å². The van der Waals surface area contributed by atoms with Gasteiger partial charge in [-0.1, -0.05) is 0 Å². The molecule has 1 aliphatic rings. The van der Waals surface area contributed by atoms with Crippen LogP contribution < -0.4 is 5.73 Å². The van der Waals surface area contributed by atoms with Gasteiger partial charge in [0.05, 0.1) is 0 Å². The van der Waals surface area contributed by atoms with Crippen LogP contribution in [0.2, 0.25) is 0 Å². The lowest BCUT2D eigenvalue weighted by Gasteiger charge is -2.31. The third-order valence-electron chi connectivity index (χ3n) is 3.39. The Labute approximate surface area is 105 Å². The van der Waals surface area contributed by atoms with Gasteiger partial charge in [-0.2, -0.15) is 0 Å². The number of carboxylic acid groups (broad SMARTS) is 1. The summed E-state index contributed by atoms with van der Waals surface area (Å²) in [6.45, 7) is 3.80. The monoisotopic (exact) mass is 254 g/mol. The molecule has 6 heteroatoms. The molecule has 6 nitrogen and oxygen atoms in total. The van der Waals surface area contributed by atoms with Crippen LogP contribution in [0, 0.1) is 5.92 Å². The van der Waals surface area contributed by atoms with E-state index in [0.717, 1.165) is 0 Å². The van der Waals surface area contributed by atoms with E-state index in [1.165, 1.54) is 13.8 Å². The Morgan fingerprint density at radius 1 is 1.11 bits per heavy atom. The summed E-state index contributed by atoms with van der Waals surface area (Å²) in [5.41, 5.74) is 5.50. The molecule has 1 saturated heterocycles. The number of hydrogen-bond acceptors (Lipinski definition) is 3. The van der Waals surface area contributed by atoms with Crippen molar-refractivity contribution in [1.82, 2.24) is 4.90 Å². The van der Waals surface area contributed by atoms with Gasteiger partial charge in [-0.15, -0.1) is 0 Å². The highest BCUT2D eigenvalue weighted by molar-refractivity contribution is 6.01. The number of nitrogens with two attached hydrogens (primary N) is 1. The molecule has 0 aliphatic carbocycles. The number of rotatable bonds is 3. The summed E-state index contributed by atoms with van der Waals surface area (Å²) in [4.78, 5) is 35.4. The number of hydrogen-bond donors (Lipinski definition) is 2. The molecule has 0 saturated carbocycles. The molecule has 0 aromatic rings. The number of aliphatic carboxylic acids is 1. The fourth-order valence-corrected chi connectivity index (χ4v) is 1.93. The molecule has 1 fully saturated rings. The molecule has 1 heterocycles. The maximum absolute atomic E-state index is 12.0. The minimum Gasteiger partial charge on any atom is -0.478 e. The highest BCUT2D eigenvalue weighted by Gasteiger charge is 2.27. The van der Waals surface area contributed by atoms with Crippen molar-refractivity contribution in [2.24, 2.45) is 11.7 Å². The zero-order chi connectivity index (χ0) is 13.9. The Balaban J connectivity index is 2.69. The van der Waals surface area contributed by atoms with Crippen LogP contribution in [0.25, 0.3) is 0 Å². The summed E-state index contributed by atoms with van der Waals surface area (Å²) in [5.74, 6) is -1.89. The molecule has 0 bridgehead atoms. The number of carboxylic acids is 1. The Morgan fingerprint density at radius 3 is 2.00 bits per heavy atom. The van der Waals surface area contributed by atoms with E-state index in [2.05, 4.69) is 0 Å². The van der Waals surface area contributed by atoms with E-state index in [0.29, 0.717) is 25.9 Å². The summed E-state index contributed by atoms with van der Waals surface area (Å²) in [5, 5.41) is 8.82. The van der Waals surface area contributed by atoms with Crippen molar-refractivity contribution in [3.05, 3.63) is 11.1 Å². The van der Waals surface area contributed by atoms with E-state index in [1.807, 2.05) is 0 Å². The Morgan fingerprint density at radius 2 is 1.61 bits per heavy atom.